The molecule has 0 atom stereocenters. The van der Waals surface area contributed by atoms with Crippen LogP contribution in [0.5, 0.6) is 0 Å². The Balaban J connectivity index is 1.45. The van der Waals surface area contributed by atoms with Crippen LogP contribution in [0, 0.1) is 17.2 Å². The number of aromatic nitrogens is 3. The number of benzene rings is 1. The van der Waals surface area contributed by atoms with Crippen LogP contribution in [0.2, 0.25) is 0 Å². The van der Waals surface area contributed by atoms with E-state index in [0.29, 0.717) is 27.8 Å². The molecular formula is C29H32N6O4. The van der Waals surface area contributed by atoms with E-state index in [0.717, 1.165) is 42.6 Å². The van der Waals surface area contributed by atoms with Gasteiger partial charge in [-0.3, -0.25) is 9.78 Å². The molecule has 3 aromatic heterocycles. The lowest BCUT2D eigenvalue weighted by molar-refractivity contribution is -0.0000170. The fourth-order valence-corrected chi connectivity index (χ4v) is 5.29. The Bertz CT molecular complexity index is 1730. The van der Waals surface area contributed by atoms with Crippen LogP contribution in [0.4, 0.5) is 5.69 Å². The van der Waals surface area contributed by atoms with Gasteiger partial charge in [0.25, 0.3) is 5.56 Å². The van der Waals surface area contributed by atoms with Crippen LogP contribution in [0.3, 0.4) is 0 Å². The van der Waals surface area contributed by atoms with E-state index in [9.17, 15) is 14.9 Å². The number of aromatic amines is 1. The van der Waals surface area contributed by atoms with Crippen molar-refractivity contribution in [2.24, 2.45) is 18.1 Å². The minimum Gasteiger partial charge on any atom is -0.408 e. The van der Waals surface area contributed by atoms with Gasteiger partial charge in [0.2, 0.25) is 0 Å². The van der Waals surface area contributed by atoms with Gasteiger partial charge in [0, 0.05) is 37.7 Å². The van der Waals surface area contributed by atoms with Crippen molar-refractivity contribution < 1.29 is 9.25 Å². The van der Waals surface area contributed by atoms with Crippen LogP contribution in [0.25, 0.3) is 22.1 Å². The number of nitriles is 1. The highest BCUT2D eigenvalue weighted by Gasteiger charge is 2.31. The summed E-state index contributed by atoms with van der Waals surface area (Å²) in [6.07, 6.45) is 3.36. The number of rotatable bonds is 5. The molecule has 1 aliphatic rings. The molecule has 1 N–H and O–H groups in total. The molecule has 0 amide bonds. The highest BCUT2D eigenvalue weighted by atomic mass is 16.6. The molecule has 10 heteroatoms. The van der Waals surface area contributed by atoms with Crippen LogP contribution in [-0.4, -0.2) is 38.9 Å². The maximum absolute atomic E-state index is 12.7. The predicted octanol–water partition coefficient (Wildman–Crippen LogP) is 4.45. The molecule has 0 aliphatic heterocycles. The van der Waals surface area contributed by atoms with Gasteiger partial charge < -0.3 is 18.7 Å². The largest absolute Gasteiger partial charge is 0.417 e. The first-order valence-electron chi connectivity index (χ1n) is 13.1. The summed E-state index contributed by atoms with van der Waals surface area (Å²) < 4.78 is 6.84. The summed E-state index contributed by atoms with van der Waals surface area (Å²) in [5.41, 5.74) is 4.44. The Morgan fingerprint density at radius 2 is 1.95 bits per heavy atom. The molecule has 1 aromatic carbocycles. The molecule has 0 unspecified atom stereocenters. The highest BCUT2D eigenvalue weighted by Crippen LogP contribution is 2.35. The molecule has 1 aliphatic carbocycles. The zero-order chi connectivity index (χ0) is 27.9. The molecule has 0 saturated heterocycles. The Labute approximate surface area is 225 Å². The zero-order valence-electron chi connectivity index (χ0n) is 22.8. The van der Waals surface area contributed by atoms with Crippen LogP contribution >= 0.6 is 0 Å². The lowest BCUT2D eigenvalue weighted by Gasteiger charge is -2.36. The highest BCUT2D eigenvalue weighted by molar-refractivity contribution is 6.09. The van der Waals surface area contributed by atoms with Crippen LogP contribution < -0.4 is 16.2 Å². The summed E-state index contributed by atoms with van der Waals surface area (Å²) in [4.78, 5) is 40.0. The van der Waals surface area contributed by atoms with Gasteiger partial charge in [-0.05, 0) is 64.7 Å². The first-order valence-corrected chi connectivity index (χ1v) is 13.1. The predicted molar refractivity (Wildman–Crippen MR) is 150 cm³/mol. The van der Waals surface area contributed by atoms with Crippen molar-refractivity contribution in [1.29, 1.82) is 5.26 Å². The number of oxime groups is 1. The minimum absolute atomic E-state index is 0.102. The quantitative estimate of drug-likeness (QED) is 0.299. The molecule has 5 rings (SSSR count). The lowest BCUT2D eigenvalue weighted by atomic mass is 9.80. The Morgan fingerprint density at radius 1 is 1.21 bits per heavy atom. The number of hydrogen-bond donors (Lipinski definition) is 1. The summed E-state index contributed by atoms with van der Waals surface area (Å²) in [6, 6.07) is 12.8. The fourth-order valence-electron chi connectivity index (χ4n) is 5.29. The zero-order valence-corrected chi connectivity index (χ0v) is 22.8. The van der Waals surface area contributed by atoms with Crippen molar-refractivity contribution in [2.45, 2.75) is 58.1 Å². The van der Waals surface area contributed by atoms with E-state index in [2.05, 4.69) is 26.1 Å². The van der Waals surface area contributed by atoms with Gasteiger partial charge >= 0.3 is 5.76 Å². The second kappa shape index (κ2) is 10.1. The van der Waals surface area contributed by atoms with E-state index in [1.165, 1.54) is 0 Å². The number of aryl methyl sites for hydroxylation is 1. The molecule has 202 valence electrons. The number of nitrogens with zero attached hydrogens (tertiary/aromatic N) is 5. The summed E-state index contributed by atoms with van der Waals surface area (Å²) in [5, 5.41) is 14.0. The number of oxazole rings is 1. The molecule has 1 saturated carbocycles. The van der Waals surface area contributed by atoms with Gasteiger partial charge in [0.15, 0.2) is 5.58 Å². The number of para-hydroxylation sites is 1. The molecule has 10 nitrogen and oxygen atoms in total. The average molecular weight is 529 g/mol. The minimum atomic E-state index is -0.506. The summed E-state index contributed by atoms with van der Waals surface area (Å²) in [7, 11) is 3.69. The number of fused-ring (bicyclic) bond motifs is 2. The molecule has 4 aromatic rings. The third-order valence-corrected chi connectivity index (χ3v) is 7.34. The number of H-pyrrole nitrogens is 1. The molecule has 0 bridgehead atoms. The van der Waals surface area contributed by atoms with Crippen LogP contribution in [-0.2, 0) is 11.9 Å². The van der Waals surface area contributed by atoms with E-state index < -0.39 is 11.4 Å². The SMILES string of the molecule is CN(c1cc(=O)n(C)c2ccc(C#N)nc12)C1CCC(/C(=N/OC(C)(C)C)c2cccc3oc(=O)[nH]c23)CC1. The second-order valence-electron chi connectivity index (χ2n) is 11.1. The number of anilines is 1. The molecule has 3 heterocycles. The van der Waals surface area contributed by atoms with Crippen molar-refractivity contribution in [3.05, 3.63) is 68.6 Å². The lowest BCUT2D eigenvalue weighted by Crippen LogP contribution is -2.38. The maximum atomic E-state index is 12.7. The second-order valence-corrected chi connectivity index (χ2v) is 11.1. The Kier molecular flexibility index (Phi) is 6.76. The van der Waals surface area contributed by atoms with Crippen molar-refractivity contribution >= 4 is 33.5 Å². The van der Waals surface area contributed by atoms with E-state index >= 15 is 0 Å². The maximum Gasteiger partial charge on any atom is 0.417 e. The molecule has 0 spiro atoms. The van der Waals surface area contributed by atoms with Crippen molar-refractivity contribution in [1.82, 2.24) is 14.5 Å². The molecule has 0 radical (unpaired) electrons. The van der Waals surface area contributed by atoms with Crippen LogP contribution in [0.15, 0.2) is 55.6 Å². The standard InChI is InChI=1S/C29H32N6O4/c1-29(2,3)39-33-25(20-7-6-8-23-26(20)32-28(37)38-23)17-9-12-19(13-10-17)34(4)22-15-24(36)35(5)21-14-11-18(16-30)31-27(21)22/h6-8,11,14-15,17,19H,9-10,12-13H2,1-5H3,(H,32,37)/b33-25-. The van der Waals surface area contributed by atoms with Crippen molar-refractivity contribution in [3.63, 3.8) is 0 Å². The average Bonchev–Trinajstić information content (AvgIpc) is 3.30. The fraction of sp³-hybridized carbons (Fsp3) is 0.414. The molecule has 39 heavy (non-hydrogen) atoms. The Hall–Kier alpha value is -4.39. The first kappa shape index (κ1) is 26.2. The third kappa shape index (κ3) is 5.17. The number of nitrogens with one attached hydrogen (secondary N) is 1. The van der Waals surface area contributed by atoms with E-state index in [-0.39, 0.29) is 17.5 Å². The van der Waals surface area contributed by atoms with E-state index in [1.54, 1.807) is 35.9 Å². The number of pyridine rings is 2. The molecule has 1 fully saturated rings. The topological polar surface area (TPSA) is 130 Å². The summed E-state index contributed by atoms with van der Waals surface area (Å²) in [6.45, 7) is 5.83. The normalized spacial score (nSPS) is 18.3. The smallest absolute Gasteiger partial charge is 0.408 e. The van der Waals surface area contributed by atoms with Gasteiger partial charge in [-0.25, -0.2) is 9.78 Å². The monoisotopic (exact) mass is 528 g/mol. The van der Waals surface area contributed by atoms with Gasteiger partial charge in [0.05, 0.1) is 22.4 Å². The summed E-state index contributed by atoms with van der Waals surface area (Å²) in [5.74, 6) is -0.405. The van der Waals surface area contributed by atoms with Gasteiger partial charge in [-0.2, -0.15) is 5.26 Å². The first-order chi connectivity index (χ1) is 18.6. The van der Waals surface area contributed by atoms with Gasteiger partial charge in [-0.15, -0.1) is 0 Å². The van der Waals surface area contributed by atoms with E-state index in [4.69, 9.17) is 9.25 Å². The van der Waals surface area contributed by atoms with Crippen LogP contribution in [0.1, 0.15) is 57.7 Å². The van der Waals surface area contributed by atoms with Gasteiger partial charge in [-0.1, -0.05) is 17.3 Å². The van der Waals surface area contributed by atoms with Crippen molar-refractivity contribution in [3.8, 4) is 6.07 Å². The summed E-state index contributed by atoms with van der Waals surface area (Å²) >= 11 is 0. The van der Waals surface area contributed by atoms with Crippen molar-refractivity contribution in [2.75, 3.05) is 11.9 Å². The Morgan fingerprint density at radius 3 is 2.64 bits per heavy atom. The molecular weight excluding hydrogens is 496 g/mol. The van der Waals surface area contributed by atoms with Gasteiger partial charge in [0.1, 0.15) is 22.9 Å². The third-order valence-electron chi connectivity index (χ3n) is 7.34. The number of hydrogen-bond acceptors (Lipinski definition) is 8. The van der Waals surface area contributed by atoms with E-state index in [1.807, 2.05) is 40.0 Å².